The van der Waals surface area contributed by atoms with Crippen molar-refractivity contribution in [2.24, 2.45) is 4.99 Å². The van der Waals surface area contributed by atoms with Crippen LogP contribution in [0.2, 0.25) is 0 Å². The SMILES string of the molecule is CCN(C)C1=N[C@@H]2[C@@H](O)[C@H](O)[C@@H](CCCCO)O[C@@H]2S1. The third-order valence-electron chi connectivity index (χ3n) is 3.85. The third-order valence-corrected chi connectivity index (χ3v) is 5.10. The van der Waals surface area contributed by atoms with E-state index in [2.05, 4.69) is 4.99 Å². The number of aliphatic imine (C=N–C) groups is 1. The first kappa shape index (κ1) is 16.0. The van der Waals surface area contributed by atoms with E-state index in [1.165, 1.54) is 11.8 Å². The Balaban J connectivity index is 1.98. The van der Waals surface area contributed by atoms with Crippen molar-refractivity contribution in [3.8, 4) is 0 Å². The second kappa shape index (κ2) is 7.09. The van der Waals surface area contributed by atoms with Crippen LogP contribution in [0.15, 0.2) is 4.99 Å². The maximum Gasteiger partial charge on any atom is 0.162 e. The molecule has 116 valence electrons. The molecule has 20 heavy (non-hydrogen) atoms. The highest BCUT2D eigenvalue weighted by Gasteiger charge is 2.48. The Morgan fingerprint density at radius 2 is 2.05 bits per heavy atom. The van der Waals surface area contributed by atoms with Crippen molar-refractivity contribution >= 4 is 16.9 Å². The van der Waals surface area contributed by atoms with Crippen LogP contribution >= 0.6 is 11.8 Å². The normalized spacial score (nSPS) is 36.6. The minimum atomic E-state index is -0.912. The van der Waals surface area contributed by atoms with Crippen molar-refractivity contribution in [1.29, 1.82) is 0 Å². The standard InChI is InChI=1S/C13H24N2O4S/c1-3-15(2)13-14-9-11(18)10(17)8(6-4-5-7-16)19-12(9)20-13/h8-12,16-18H,3-7H2,1-2H3/t8-,9-,10-,11-,12-/m1/s1. The predicted molar refractivity (Wildman–Crippen MR) is 78.7 cm³/mol. The molecule has 0 amide bonds. The lowest BCUT2D eigenvalue weighted by Gasteiger charge is -2.38. The summed E-state index contributed by atoms with van der Waals surface area (Å²) in [6.07, 6.45) is -0.0816. The summed E-state index contributed by atoms with van der Waals surface area (Å²) in [6.45, 7) is 3.01. The van der Waals surface area contributed by atoms with Gasteiger partial charge in [0, 0.05) is 20.2 Å². The molecule has 2 rings (SSSR count). The third kappa shape index (κ3) is 3.28. The summed E-state index contributed by atoms with van der Waals surface area (Å²) in [5.74, 6) is 0. The van der Waals surface area contributed by atoms with Gasteiger partial charge in [-0.05, 0) is 26.2 Å². The zero-order chi connectivity index (χ0) is 14.7. The lowest BCUT2D eigenvalue weighted by atomic mass is 9.95. The summed E-state index contributed by atoms with van der Waals surface area (Å²) >= 11 is 1.51. The first-order chi connectivity index (χ1) is 9.58. The monoisotopic (exact) mass is 304 g/mol. The first-order valence-electron chi connectivity index (χ1n) is 7.16. The highest BCUT2D eigenvalue weighted by molar-refractivity contribution is 8.14. The van der Waals surface area contributed by atoms with E-state index < -0.39 is 18.2 Å². The molecule has 0 bridgehead atoms. The summed E-state index contributed by atoms with van der Waals surface area (Å²) in [7, 11) is 1.95. The molecule has 0 aliphatic carbocycles. The number of amidine groups is 1. The van der Waals surface area contributed by atoms with Gasteiger partial charge in [0.25, 0.3) is 0 Å². The van der Waals surface area contributed by atoms with Crippen molar-refractivity contribution in [2.45, 2.75) is 56.0 Å². The topological polar surface area (TPSA) is 85.5 Å². The molecule has 0 aromatic carbocycles. The number of rotatable bonds is 5. The summed E-state index contributed by atoms with van der Waals surface area (Å²) in [5, 5.41) is 30.0. The number of thioether (sulfide) groups is 1. The van der Waals surface area contributed by atoms with Gasteiger partial charge in [0.1, 0.15) is 23.7 Å². The predicted octanol–water partition coefficient (Wildman–Crippen LogP) is 0.0188. The Hall–Kier alpha value is -0.340. The van der Waals surface area contributed by atoms with Crippen LogP contribution < -0.4 is 0 Å². The molecule has 2 aliphatic rings. The molecular weight excluding hydrogens is 280 g/mol. The van der Waals surface area contributed by atoms with E-state index in [9.17, 15) is 10.2 Å². The van der Waals surface area contributed by atoms with E-state index in [1.54, 1.807) is 0 Å². The summed E-state index contributed by atoms with van der Waals surface area (Å²) < 4.78 is 5.89. The van der Waals surface area contributed by atoms with Crippen LogP contribution in [-0.4, -0.2) is 75.4 Å². The molecule has 0 aromatic rings. The Bertz CT molecular complexity index is 355. The summed E-state index contributed by atoms with van der Waals surface area (Å²) in [4.78, 5) is 6.48. The molecular formula is C13H24N2O4S. The zero-order valence-electron chi connectivity index (χ0n) is 12.0. The van der Waals surface area contributed by atoms with Crippen molar-refractivity contribution in [2.75, 3.05) is 20.2 Å². The number of fused-ring (bicyclic) bond motifs is 1. The maximum atomic E-state index is 10.2. The van der Waals surface area contributed by atoms with Crippen LogP contribution in [-0.2, 0) is 4.74 Å². The maximum absolute atomic E-state index is 10.2. The number of aliphatic hydroxyl groups is 3. The molecule has 0 spiro atoms. The van der Waals surface area contributed by atoms with E-state index in [-0.39, 0.29) is 18.1 Å². The number of hydrogen-bond donors (Lipinski definition) is 3. The molecule has 1 saturated heterocycles. The zero-order valence-corrected chi connectivity index (χ0v) is 12.8. The van der Waals surface area contributed by atoms with Crippen LogP contribution in [0.1, 0.15) is 26.2 Å². The minimum Gasteiger partial charge on any atom is -0.396 e. The molecule has 0 unspecified atom stereocenters. The van der Waals surface area contributed by atoms with Crippen LogP contribution in [0.5, 0.6) is 0 Å². The second-order valence-electron chi connectivity index (χ2n) is 5.28. The number of nitrogens with zero attached hydrogens (tertiary/aromatic N) is 2. The van der Waals surface area contributed by atoms with Gasteiger partial charge >= 0.3 is 0 Å². The average molecular weight is 304 g/mol. The van der Waals surface area contributed by atoms with E-state index in [4.69, 9.17) is 9.84 Å². The Morgan fingerprint density at radius 3 is 2.70 bits per heavy atom. The number of unbranched alkanes of at least 4 members (excludes halogenated alkanes) is 1. The van der Waals surface area contributed by atoms with Gasteiger partial charge in [-0.25, -0.2) is 0 Å². The molecule has 7 heteroatoms. The smallest absolute Gasteiger partial charge is 0.162 e. The van der Waals surface area contributed by atoms with Crippen molar-refractivity contribution in [1.82, 2.24) is 4.90 Å². The summed E-state index contributed by atoms with van der Waals surface area (Å²) in [6, 6.07) is -0.395. The Morgan fingerprint density at radius 1 is 1.30 bits per heavy atom. The fraction of sp³-hybridized carbons (Fsp3) is 0.923. The van der Waals surface area contributed by atoms with Gasteiger partial charge in [-0.1, -0.05) is 11.8 Å². The molecule has 2 aliphatic heterocycles. The fourth-order valence-corrected chi connectivity index (χ4v) is 3.69. The molecule has 5 atom stereocenters. The van der Waals surface area contributed by atoms with Gasteiger partial charge < -0.3 is 25.0 Å². The van der Waals surface area contributed by atoms with Gasteiger partial charge in [-0.3, -0.25) is 4.99 Å². The molecule has 1 fully saturated rings. The molecule has 6 nitrogen and oxygen atoms in total. The van der Waals surface area contributed by atoms with Crippen molar-refractivity contribution < 1.29 is 20.1 Å². The Kier molecular flexibility index (Phi) is 5.68. The second-order valence-corrected chi connectivity index (χ2v) is 6.34. The molecule has 0 aromatic heterocycles. The largest absolute Gasteiger partial charge is 0.396 e. The van der Waals surface area contributed by atoms with Crippen molar-refractivity contribution in [3.05, 3.63) is 0 Å². The van der Waals surface area contributed by atoms with Gasteiger partial charge in [-0.2, -0.15) is 0 Å². The lowest BCUT2D eigenvalue weighted by Crippen LogP contribution is -2.54. The number of hydrogen-bond acceptors (Lipinski definition) is 7. The van der Waals surface area contributed by atoms with Crippen LogP contribution in [0.4, 0.5) is 0 Å². The number of aliphatic hydroxyl groups excluding tert-OH is 3. The van der Waals surface area contributed by atoms with Crippen LogP contribution in [0.3, 0.4) is 0 Å². The fourth-order valence-electron chi connectivity index (χ4n) is 2.43. The Labute approximate surface area is 123 Å². The molecule has 2 heterocycles. The van der Waals surface area contributed by atoms with Crippen molar-refractivity contribution in [3.63, 3.8) is 0 Å². The lowest BCUT2D eigenvalue weighted by molar-refractivity contribution is -0.155. The number of ether oxygens (including phenoxy) is 1. The summed E-state index contributed by atoms with van der Waals surface area (Å²) in [5.41, 5.74) is -0.225. The average Bonchev–Trinajstić information content (AvgIpc) is 2.87. The van der Waals surface area contributed by atoms with Gasteiger partial charge in [0.05, 0.1) is 6.10 Å². The first-order valence-corrected chi connectivity index (χ1v) is 8.04. The highest BCUT2D eigenvalue weighted by Crippen LogP contribution is 2.38. The van der Waals surface area contributed by atoms with Gasteiger partial charge in [0.2, 0.25) is 0 Å². The van der Waals surface area contributed by atoms with Gasteiger partial charge in [0.15, 0.2) is 5.17 Å². The van der Waals surface area contributed by atoms with Crippen LogP contribution in [0, 0.1) is 0 Å². The van der Waals surface area contributed by atoms with E-state index >= 15 is 0 Å². The molecule has 0 radical (unpaired) electrons. The van der Waals surface area contributed by atoms with Gasteiger partial charge in [-0.15, -0.1) is 0 Å². The highest BCUT2D eigenvalue weighted by atomic mass is 32.2. The van der Waals surface area contributed by atoms with E-state index in [0.717, 1.165) is 18.1 Å². The molecule has 0 saturated carbocycles. The van der Waals surface area contributed by atoms with E-state index in [1.807, 2.05) is 18.9 Å². The van der Waals surface area contributed by atoms with E-state index in [0.29, 0.717) is 12.8 Å². The molecule has 3 N–H and O–H groups in total. The quantitative estimate of drug-likeness (QED) is 0.621. The van der Waals surface area contributed by atoms with Crippen LogP contribution in [0.25, 0.3) is 0 Å². The minimum absolute atomic E-state index is 0.140.